The van der Waals surface area contributed by atoms with E-state index in [1.54, 1.807) is 37.3 Å². The van der Waals surface area contributed by atoms with Crippen molar-refractivity contribution in [2.75, 3.05) is 20.5 Å². The zero-order chi connectivity index (χ0) is 15.2. The number of thiophene rings is 1. The minimum Gasteiger partial charge on any atom is -0.493 e. The summed E-state index contributed by atoms with van der Waals surface area (Å²) >= 11 is 6.95. The fourth-order valence-corrected chi connectivity index (χ4v) is 4.07. The molecular weight excluding hydrogens is 370 g/mol. The van der Waals surface area contributed by atoms with E-state index in [0.717, 1.165) is 28.4 Å². The highest BCUT2D eigenvalue weighted by Gasteiger charge is 2.10. The van der Waals surface area contributed by atoms with Gasteiger partial charge in [0.2, 0.25) is 0 Å². The number of hydrogen-bond donors (Lipinski definition) is 1. The Hall–Kier alpha value is -0.690. The lowest BCUT2D eigenvalue weighted by molar-refractivity contribution is 0.353. The van der Waals surface area contributed by atoms with E-state index in [4.69, 9.17) is 9.47 Å². The van der Waals surface area contributed by atoms with Crippen LogP contribution < -0.4 is 14.8 Å². The normalized spacial score (nSPS) is 10.7. The highest BCUT2D eigenvalue weighted by Crippen LogP contribution is 2.34. The number of methoxy groups -OCH3 is 2. The van der Waals surface area contributed by atoms with E-state index in [0.29, 0.717) is 0 Å². The molecule has 1 N–H and O–H groups in total. The molecule has 114 valence electrons. The van der Waals surface area contributed by atoms with Gasteiger partial charge in [0.05, 0.1) is 18.0 Å². The Kier molecular flexibility index (Phi) is 6.41. The van der Waals surface area contributed by atoms with E-state index in [2.05, 4.69) is 39.6 Å². The number of ether oxygens (including phenoxy) is 2. The van der Waals surface area contributed by atoms with Crippen molar-refractivity contribution in [3.63, 3.8) is 0 Å². The maximum absolute atomic E-state index is 5.38. The van der Waals surface area contributed by atoms with E-state index in [1.807, 2.05) is 12.1 Å². The van der Waals surface area contributed by atoms with E-state index >= 15 is 0 Å². The van der Waals surface area contributed by atoms with Gasteiger partial charge >= 0.3 is 0 Å². The lowest BCUT2D eigenvalue weighted by Gasteiger charge is -2.14. The summed E-state index contributed by atoms with van der Waals surface area (Å²) in [5, 5.41) is 3.47. The minimum atomic E-state index is 0.769. The predicted molar refractivity (Wildman–Crippen MR) is 93.9 cm³/mol. The molecule has 1 aromatic heterocycles. The van der Waals surface area contributed by atoms with Crippen LogP contribution in [0.25, 0.3) is 0 Å². The van der Waals surface area contributed by atoms with E-state index in [-0.39, 0.29) is 0 Å². The topological polar surface area (TPSA) is 30.5 Å². The molecule has 0 aliphatic carbocycles. The summed E-state index contributed by atoms with van der Waals surface area (Å²) in [6.07, 6.45) is 2.07. The SMILES string of the molecule is COc1cc(CNCc2ccc(Br)s2)c(SC)cc1OC. The third kappa shape index (κ3) is 4.39. The van der Waals surface area contributed by atoms with Gasteiger partial charge in [0.25, 0.3) is 0 Å². The molecule has 0 fully saturated rings. The average Bonchev–Trinajstić information content (AvgIpc) is 2.92. The Morgan fingerprint density at radius 2 is 1.86 bits per heavy atom. The molecule has 0 unspecified atom stereocenters. The molecule has 1 aromatic carbocycles. The van der Waals surface area contributed by atoms with Crippen LogP contribution in [0.1, 0.15) is 10.4 Å². The fraction of sp³-hybridized carbons (Fsp3) is 0.333. The summed E-state index contributed by atoms with van der Waals surface area (Å²) < 4.78 is 11.9. The van der Waals surface area contributed by atoms with Crippen LogP contribution in [0, 0.1) is 0 Å². The number of nitrogens with one attached hydrogen (secondary N) is 1. The van der Waals surface area contributed by atoms with Crippen LogP contribution in [0.4, 0.5) is 0 Å². The summed E-state index contributed by atoms with van der Waals surface area (Å²) in [5.41, 5.74) is 1.22. The number of benzene rings is 1. The largest absolute Gasteiger partial charge is 0.493 e. The van der Waals surface area contributed by atoms with E-state index in [9.17, 15) is 0 Å². The summed E-state index contributed by atoms with van der Waals surface area (Å²) in [4.78, 5) is 2.51. The Morgan fingerprint density at radius 1 is 1.14 bits per heavy atom. The van der Waals surface area contributed by atoms with Crippen LogP contribution >= 0.6 is 39.0 Å². The molecule has 0 aliphatic heterocycles. The van der Waals surface area contributed by atoms with Crippen LogP contribution in [-0.4, -0.2) is 20.5 Å². The standard InChI is InChI=1S/C15H18BrNO2S2/c1-18-12-6-10(14(20-3)7-13(12)19-2)8-17-9-11-4-5-15(16)21-11/h4-7,17H,8-9H2,1-3H3. The van der Waals surface area contributed by atoms with Gasteiger partial charge in [0.15, 0.2) is 11.5 Å². The maximum Gasteiger partial charge on any atom is 0.161 e. The molecule has 0 amide bonds. The first kappa shape index (κ1) is 16.7. The third-order valence-electron chi connectivity index (χ3n) is 3.03. The molecule has 0 aliphatic rings. The monoisotopic (exact) mass is 387 g/mol. The molecule has 0 saturated carbocycles. The molecule has 1 heterocycles. The molecule has 0 spiro atoms. The van der Waals surface area contributed by atoms with Gasteiger partial charge in [-0.25, -0.2) is 0 Å². The van der Waals surface area contributed by atoms with Crippen molar-refractivity contribution in [2.24, 2.45) is 0 Å². The first-order chi connectivity index (χ1) is 10.2. The minimum absolute atomic E-state index is 0.769. The van der Waals surface area contributed by atoms with Crippen LogP contribution in [0.3, 0.4) is 0 Å². The molecular formula is C15H18BrNO2S2. The van der Waals surface area contributed by atoms with Crippen molar-refractivity contribution < 1.29 is 9.47 Å². The van der Waals surface area contributed by atoms with Gasteiger partial charge in [-0.1, -0.05) is 0 Å². The predicted octanol–water partition coefficient (Wildman–Crippen LogP) is 4.54. The van der Waals surface area contributed by atoms with Crippen LogP contribution in [0.5, 0.6) is 11.5 Å². The summed E-state index contributed by atoms with van der Waals surface area (Å²) in [7, 11) is 3.32. The van der Waals surface area contributed by atoms with Gasteiger partial charge in [-0.15, -0.1) is 23.1 Å². The van der Waals surface area contributed by atoms with Crippen molar-refractivity contribution in [3.05, 3.63) is 38.5 Å². The molecule has 0 bridgehead atoms. The molecule has 6 heteroatoms. The third-order valence-corrected chi connectivity index (χ3v) is 5.47. The van der Waals surface area contributed by atoms with Crippen molar-refractivity contribution in [1.82, 2.24) is 5.32 Å². The van der Waals surface area contributed by atoms with Gasteiger partial charge < -0.3 is 14.8 Å². The molecule has 21 heavy (non-hydrogen) atoms. The van der Waals surface area contributed by atoms with Crippen molar-refractivity contribution >= 4 is 39.0 Å². The number of halogens is 1. The lowest BCUT2D eigenvalue weighted by atomic mass is 10.2. The zero-order valence-electron chi connectivity index (χ0n) is 12.2. The van der Waals surface area contributed by atoms with Crippen LogP contribution in [0.2, 0.25) is 0 Å². The molecule has 0 radical (unpaired) electrons. The number of hydrogen-bond acceptors (Lipinski definition) is 5. The Bertz CT molecular complexity index is 601. The van der Waals surface area contributed by atoms with E-state index in [1.165, 1.54) is 15.3 Å². The average molecular weight is 388 g/mol. The Morgan fingerprint density at radius 3 is 2.43 bits per heavy atom. The smallest absolute Gasteiger partial charge is 0.161 e. The Labute approximate surface area is 142 Å². The first-order valence-electron chi connectivity index (χ1n) is 6.41. The molecule has 0 atom stereocenters. The van der Waals surface area contributed by atoms with Gasteiger partial charge in [-0.3, -0.25) is 0 Å². The number of rotatable bonds is 7. The van der Waals surface area contributed by atoms with Gasteiger partial charge in [0.1, 0.15) is 0 Å². The molecule has 0 saturated heterocycles. The maximum atomic E-state index is 5.38. The first-order valence-corrected chi connectivity index (χ1v) is 9.25. The zero-order valence-corrected chi connectivity index (χ0v) is 15.5. The molecule has 2 rings (SSSR count). The molecule has 3 nitrogen and oxygen atoms in total. The lowest BCUT2D eigenvalue weighted by Crippen LogP contribution is -2.12. The van der Waals surface area contributed by atoms with Crippen molar-refractivity contribution in [3.8, 4) is 11.5 Å². The fourth-order valence-electron chi connectivity index (χ4n) is 2.00. The van der Waals surface area contributed by atoms with Crippen LogP contribution in [0.15, 0.2) is 32.9 Å². The number of thioether (sulfide) groups is 1. The summed E-state index contributed by atoms with van der Waals surface area (Å²) in [6, 6.07) is 8.28. The van der Waals surface area contributed by atoms with Gasteiger partial charge in [0, 0.05) is 22.9 Å². The second-order valence-electron chi connectivity index (χ2n) is 4.33. The van der Waals surface area contributed by atoms with Crippen molar-refractivity contribution in [1.29, 1.82) is 0 Å². The highest BCUT2D eigenvalue weighted by molar-refractivity contribution is 9.11. The van der Waals surface area contributed by atoms with E-state index < -0.39 is 0 Å². The summed E-state index contributed by atoms with van der Waals surface area (Å²) in [5.74, 6) is 1.54. The second kappa shape index (κ2) is 8.08. The quantitative estimate of drug-likeness (QED) is 0.706. The highest BCUT2D eigenvalue weighted by atomic mass is 79.9. The van der Waals surface area contributed by atoms with Gasteiger partial charge in [-0.05, 0) is 52.0 Å². The van der Waals surface area contributed by atoms with Gasteiger partial charge in [-0.2, -0.15) is 0 Å². The second-order valence-corrected chi connectivity index (χ2v) is 7.72. The molecule has 2 aromatic rings. The van der Waals surface area contributed by atoms with Crippen molar-refractivity contribution in [2.45, 2.75) is 18.0 Å². The van der Waals surface area contributed by atoms with Crippen LogP contribution in [-0.2, 0) is 13.1 Å². The Balaban J connectivity index is 2.07. The summed E-state index contributed by atoms with van der Waals surface area (Å²) in [6.45, 7) is 1.66.